The predicted octanol–water partition coefficient (Wildman–Crippen LogP) is 4.02. The molecule has 0 radical (unpaired) electrons. The number of para-hydroxylation sites is 2. The lowest BCUT2D eigenvalue weighted by atomic mass is 10.1. The van der Waals surface area contributed by atoms with Gasteiger partial charge in [-0.05, 0) is 36.2 Å². The van der Waals surface area contributed by atoms with E-state index in [1.54, 1.807) is 48.5 Å². The molecule has 3 aromatic carbocycles. The molecule has 1 aromatic heterocycles. The second kappa shape index (κ2) is 9.09. The monoisotopic (exact) mass is 412 g/mol. The van der Waals surface area contributed by atoms with E-state index in [2.05, 4.69) is 10.6 Å². The van der Waals surface area contributed by atoms with Crippen molar-refractivity contribution < 1.29 is 14.0 Å². The normalized spacial score (nSPS) is 10.6. The summed E-state index contributed by atoms with van der Waals surface area (Å²) in [5.74, 6) is -1.03. The summed E-state index contributed by atoms with van der Waals surface area (Å²) in [7, 11) is 0. The maximum Gasteiger partial charge on any atom is 0.291 e. The van der Waals surface area contributed by atoms with Gasteiger partial charge in [0.15, 0.2) is 11.2 Å². The molecule has 0 saturated heterocycles. The zero-order valence-electron chi connectivity index (χ0n) is 16.6. The first-order valence-electron chi connectivity index (χ1n) is 9.87. The summed E-state index contributed by atoms with van der Waals surface area (Å²) in [6.45, 7) is 0.463. The molecule has 4 rings (SSSR count). The summed E-state index contributed by atoms with van der Waals surface area (Å²) >= 11 is 0. The van der Waals surface area contributed by atoms with Crippen molar-refractivity contribution in [1.29, 1.82) is 0 Å². The third-order valence-corrected chi connectivity index (χ3v) is 4.82. The minimum atomic E-state index is -0.604. The van der Waals surface area contributed by atoms with Gasteiger partial charge in [0.05, 0.1) is 16.6 Å². The molecular formula is C25H20N2O4. The van der Waals surface area contributed by atoms with E-state index in [4.69, 9.17) is 4.42 Å². The van der Waals surface area contributed by atoms with Gasteiger partial charge >= 0.3 is 0 Å². The zero-order chi connectivity index (χ0) is 21.6. The average Bonchev–Trinajstić information content (AvgIpc) is 2.80. The van der Waals surface area contributed by atoms with E-state index < -0.39 is 5.91 Å². The van der Waals surface area contributed by atoms with Crippen LogP contribution < -0.4 is 16.1 Å². The number of carbonyl (C=O) groups excluding carboxylic acids is 2. The maximum absolute atomic E-state index is 12.7. The minimum absolute atomic E-state index is 0.122. The molecule has 2 N–H and O–H groups in total. The number of hydrogen-bond acceptors (Lipinski definition) is 4. The molecular weight excluding hydrogens is 392 g/mol. The molecule has 0 aliphatic carbocycles. The topological polar surface area (TPSA) is 88.4 Å². The molecule has 0 aliphatic rings. The van der Waals surface area contributed by atoms with Crippen LogP contribution in [0, 0.1) is 0 Å². The fourth-order valence-corrected chi connectivity index (χ4v) is 3.25. The molecule has 0 bridgehead atoms. The van der Waals surface area contributed by atoms with Gasteiger partial charge in [0.25, 0.3) is 11.8 Å². The van der Waals surface area contributed by atoms with E-state index >= 15 is 0 Å². The Morgan fingerprint density at radius 1 is 0.806 bits per heavy atom. The molecule has 0 saturated carbocycles. The van der Waals surface area contributed by atoms with Crippen molar-refractivity contribution in [2.45, 2.75) is 6.42 Å². The van der Waals surface area contributed by atoms with Crippen molar-refractivity contribution >= 4 is 28.5 Å². The molecule has 31 heavy (non-hydrogen) atoms. The Morgan fingerprint density at radius 2 is 1.52 bits per heavy atom. The summed E-state index contributed by atoms with van der Waals surface area (Å²) in [5.41, 5.74) is 1.80. The maximum atomic E-state index is 12.7. The van der Waals surface area contributed by atoms with Crippen LogP contribution in [0.25, 0.3) is 11.0 Å². The van der Waals surface area contributed by atoms with Crippen LogP contribution in [0.2, 0.25) is 0 Å². The van der Waals surface area contributed by atoms with E-state index in [-0.39, 0.29) is 17.1 Å². The van der Waals surface area contributed by atoms with Crippen LogP contribution in [-0.2, 0) is 6.42 Å². The average molecular weight is 412 g/mol. The first-order chi connectivity index (χ1) is 15.1. The van der Waals surface area contributed by atoms with Crippen LogP contribution in [0.3, 0.4) is 0 Å². The summed E-state index contributed by atoms with van der Waals surface area (Å²) in [4.78, 5) is 37.6. The largest absolute Gasteiger partial charge is 0.451 e. The Hall–Kier alpha value is -4.19. The molecule has 6 heteroatoms. The van der Waals surface area contributed by atoms with Gasteiger partial charge in [0.2, 0.25) is 0 Å². The summed E-state index contributed by atoms with van der Waals surface area (Å²) in [5, 5.41) is 5.95. The number of amides is 2. The van der Waals surface area contributed by atoms with E-state index in [0.29, 0.717) is 35.2 Å². The van der Waals surface area contributed by atoms with Crippen molar-refractivity contribution in [2.75, 3.05) is 11.9 Å². The number of carbonyl (C=O) groups is 2. The Bertz CT molecular complexity index is 1300. The third-order valence-electron chi connectivity index (χ3n) is 4.82. The lowest BCUT2D eigenvalue weighted by Gasteiger charge is -2.11. The Balaban J connectivity index is 1.48. The first-order valence-corrected chi connectivity index (χ1v) is 9.87. The van der Waals surface area contributed by atoms with E-state index in [0.717, 1.165) is 11.6 Å². The number of nitrogens with one attached hydrogen (secondary N) is 2. The molecule has 154 valence electrons. The Kier molecular flexibility index (Phi) is 5.89. The van der Waals surface area contributed by atoms with Crippen LogP contribution in [0.1, 0.15) is 26.5 Å². The van der Waals surface area contributed by atoms with Crippen molar-refractivity contribution in [3.8, 4) is 0 Å². The lowest BCUT2D eigenvalue weighted by Crippen LogP contribution is -2.27. The highest BCUT2D eigenvalue weighted by Crippen LogP contribution is 2.18. The highest BCUT2D eigenvalue weighted by atomic mass is 16.3. The minimum Gasteiger partial charge on any atom is -0.451 e. The summed E-state index contributed by atoms with van der Waals surface area (Å²) in [6, 6.07) is 24.4. The summed E-state index contributed by atoms with van der Waals surface area (Å²) < 4.78 is 5.58. The standard InChI is InChI=1S/C25H20N2O4/c28-21-16-23(31-22-13-7-5-11-19(21)22)25(30)27-20-12-6-4-10-18(20)24(29)26-15-14-17-8-2-1-3-9-17/h1-13,16H,14-15H2,(H,26,29)(H,27,30). The molecule has 0 fully saturated rings. The Morgan fingerprint density at radius 3 is 2.35 bits per heavy atom. The molecule has 2 amide bonds. The van der Waals surface area contributed by atoms with Crippen LogP contribution >= 0.6 is 0 Å². The van der Waals surface area contributed by atoms with Crippen LogP contribution in [-0.4, -0.2) is 18.4 Å². The number of hydrogen-bond donors (Lipinski definition) is 2. The highest BCUT2D eigenvalue weighted by molar-refractivity contribution is 6.08. The fourth-order valence-electron chi connectivity index (χ4n) is 3.25. The van der Waals surface area contributed by atoms with Gasteiger partial charge in [-0.25, -0.2) is 0 Å². The van der Waals surface area contributed by atoms with Crippen LogP contribution in [0.15, 0.2) is 94.1 Å². The van der Waals surface area contributed by atoms with Crippen molar-refractivity contribution in [1.82, 2.24) is 5.32 Å². The number of benzene rings is 3. The molecule has 4 aromatic rings. The number of rotatable bonds is 6. The van der Waals surface area contributed by atoms with Gasteiger partial charge < -0.3 is 15.1 Å². The van der Waals surface area contributed by atoms with E-state index in [1.165, 1.54) is 0 Å². The SMILES string of the molecule is O=C(Nc1ccccc1C(=O)NCCc1ccccc1)c1cc(=O)c2ccccc2o1. The van der Waals surface area contributed by atoms with E-state index in [9.17, 15) is 14.4 Å². The van der Waals surface area contributed by atoms with Crippen molar-refractivity contribution in [2.24, 2.45) is 0 Å². The predicted molar refractivity (Wildman–Crippen MR) is 119 cm³/mol. The Labute approximate surface area is 178 Å². The van der Waals surface area contributed by atoms with Crippen LogP contribution in [0.4, 0.5) is 5.69 Å². The second-order valence-corrected chi connectivity index (χ2v) is 6.96. The van der Waals surface area contributed by atoms with Crippen molar-refractivity contribution in [3.05, 3.63) is 112 Å². The van der Waals surface area contributed by atoms with Gasteiger partial charge in [-0.2, -0.15) is 0 Å². The van der Waals surface area contributed by atoms with Gasteiger partial charge in [-0.3, -0.25) is 14.4 Å². The van der Waals surface area contributed by atoms with Crippen molar-refractivity contribution in [3.63, 3.8) is 0 Å². The molecule has 0 unspecified atom stereocenters. The van der Waals surface area contributed by atoms with Gasteiger partial charge in [-0.1, -0.05) is 54.6 Å². The number of anilines is 1. The fraction of sp³-hybridized carbons (Fsp3) is 0.0800. The third kappa shape index (κ3) is 4.70. The molecule has 0 spiro atoms. The van der Waals surface area contributed by atoms with Gasteiger partial charge in [0, 0.05) is 12.6 Å². The smallest absolute Gasteiger partial charge is 0.291 e. The summed E-state index contributed by atoms with van der Waals surface area (Å²) in [6.07, 6.45) is 0.698. The van der Waals surface area contributed by atoms with Gasteiger partial charge in [0.1, 0.15) is 5.58 Å². The molecule has 1 heterocycles. The quantitative estimate of drug-likeness (QED) is 0.501. The molecule has 0 aliphatic heterocycles. The first kappa shape index (κ1) is 20.1. The zero-order valence-corrected chi connectivity index (χ0v) is 16.6. The number of fused-ring (bicyclic) bond motifs is 1. The van der Waals surface area contributed by atoms with E-state index in [1.807, 2.05) is 30.3 Å². The lowest BCUT2D eigenvalue weighted by molar-refractivity contribution is 0.0955. The molecule has 6 nitrogen and oxygen atoms in total. The molecule has 0 atom stereocenters. The second-order valence-electron chi connectivity index (χ2n) is 6.96. The van der Waals surface area contributed by atoms with Gasteiger partial charge in [-0.15, -0.1) is 0 Å². The van der Waals surface area contributed by atoms with Crippen LogP contribution in [0.5, 0.6) is 0 Å². The highest BCUT2D eigenvalue weighted by Gasteiger charge is 2.16.